The van der Waals surface area contributed by atoms with E-state index in [0.717, 1.165) is 74.6 Å². The summed E-state index contributed by atoms with van der Waals surface area (Å²) >= 11 is 1.53. The van der Waals surface area contributed by atoms with E-state index in [-0.39, 0.29) is 39.6 Å². The van der Waals surface area contributed by atoms with Gasteiger partial charge in [-0.3, -0.25) is 4.79 Å². The van der Waals surface area contributed by atoms with E-state index in [1.54, 1.807) is 0 Å². The van der Waals surface area contributed by atoms with Crippen molar-refractivity contribution in [1.29, 1.82) is 5.26 Å². The Kier molecular flexibility index (Phi) is 6.94. The zero-order valence-corrected chi connectivity index (χ0v) is 27.2. The normalized spacial score (nSPS) is 43.4. The number of rotatable bonds is 5. The standard InChI is InChI=1S/C37H48N2O3S/c1-23-18-24(2)39-32(27(23)21-38)43-22-36(42)15-12-30-34(36,4)14-11-29-33(3)13-10-26(40)19-35(33)16-17-37(29,30)28(20-35)31(41)25-8-6-5-7-9-25/h16-18,20,25-26,29-30,40,42H,5-15,19,22H2,1-4H3. The van der Waals surface area contributed by atoms with E-state index in [0.29, 0.717) is 40.9 Å². The number of aryl methyl sites for hydroxylation is 2. The number of ketones is 1. The average molecular weight is 601 g/mol. The van der Waals surface area contributed by atoms with Gasteiger partial charge in [0.2, 0.25) is 0 Å². The van der Waals surface area contributed by atoms with Gasteiger partial charge in [-0.1, -0.05) is 51.3 Å². The molecule has 0 aromatic carbocycles. The number of Topliss-reactive ketones (excluding diaryl/α,β-unsaturated/α-hetero) is 1. The molecule has 8 atom stereocenters. The summed E-state index contributed by atoms with van der Waals surface area (Å²) in [5, 5.41) is 34.1. The third-order valence-corrected chi connectivity index (χ3v) is 15.0. The number of aliphatic hydroxyl groups is 2. The molecule has 5 nitrogen and oxygen atoms in total. The van der Waals surface area contributed by atoms with Crippen molar-refractivity contribution >= 4 is 17.5 Å². The number of hydrogen-bond acceptors (Lipinski definition) is 6. The molecule has 0 radical (unpaired) electrons. The van der Waals surface area contributed by atoms with Gasteiger partial charge in [0, 0.05) is 39.2 Å². The Morgan fingerprint density at radius 3 is 2.47 bits per heavy atom. The van der Waals surface area contributed by atoms with Crippen molar-refractivity contribution in [3.05, 3.63) is 46.7 Å². The molecule has 43 heavy (non-hydrogen) atoms. The minimum absolute atomic E-state index is 0.00117. The summed E-state index contributed by atoms with van der Waals surface area (Å²) in [6.07, 6.45) is 18.4. The lowest BCUT2D eigenvalue weighted by Gasteiger charge is -2.71. The Bertz CT molecular complexity index is 1460. The first-order valence-corrected chi connectivity index (χ1v) is 17.8. The molecular formula is C37H48N2O3S. The van der Waals surface area contributed by atoms with Crippen LogP contribution in [0.25, 0.3) is 0 Å². The van der Waals surface area contributed by atoms with Crippen LogP contribution in [-0.4, -0.2) is 38.4 Å². The molecule has 8 unspecified atom stereocenters. The molecular weight excluding hydrogens is 552 g/mol. The lowest BCUT2D eigenvalue weighted by molar-refractivity contribution is -0.171. The molecule has 4 fully saturated rings. The Morgan fingerprint density at radius 1 is 1.02 bits per heavy atom. The van der Waals surface area contributed by atoms with E-state index >= 15 is 0 Å². The molecule has 7 aliphatic rings. The Hall–Kier alpha value is -1.94. The van der Waals surface area contributed by atoms with Gasteiger partial charge in [0.1, 0.15) is 11.1 Å². The summed E-state index contributed by atoms with van der Waals surface area (Å²) in [6.45, 7) is 8.67. The van der Waals surface area contributed by atoms with E-state index in [2.05, 4.69) is 38.1 Å². The number of carbonyl (C=O) groups excluding carboxylic acids is 1. The Labute approximate surface area is 261 Å². The molecule has 0 saturated heterocycles. The summed E-state index contributed by atoms with van der Waals surface area (Å²) < 4.78 is 0. The number of thioether (sulfide) groups is 1. The first-order valence-electron chi connectivity index (χ1n) is 16.8. The van der Waals surface area contributed by atoms with Crippen LogP contribution in [0.2, 0.25) is 0 Å². The van der Waals surface area contributed by atoms with Gasteiger partial charge in [-0.2, -0.15) is 5.26 Å². The number of nitriles is 1. The van der Waals surface area contributed by atoms with Crippen LogP contribution in [-0.2, 0) is 4.79 Å². The average Bonchev–Trinajstić information content (AvgIpc) is 3.26. The minimum Gasteiger partial charge on any atom is -0.393 e. The molecule has 1 heterocycles. The van der Waals surface area contributed by atoms with Gasteiger partial charge in [0.25, 0.3) is 0 Å². The van der Waals surface area contributed by atoms with Crippen LogP contribution in [0.3, 0.4) is 0 Å². The maximum atomic E-state index is 14.7. The predicted octanol–water partition coefficient (Wildman–Crippen LogP) is 7.40. The highest BCUT2D eigenvalue weighted by molar-refractivity contribution is 7.99. The van der Waals surface area contributed by atoms with Crippen molar-refractivity contribution in [2.24, 2.45) is 39.4 Å². The van der Waals surface area contributed by atoms with Gasteiger partial charge in [0.05, 0.1) is 17.3 Å². The van der Waals surface area contributed by atoms with Crippen LogP contribution in [0.5, 0.6) is 0 Å². The first kappa shape index (κ1) is 29.8. The van der Waals surface area contributed by atoms with E-state index in [9.17, 15) is 20.3 Å². The summed E-state index contributed by atoms with van der Waals surface area (Å²) in [5.41, 5.74) is 1.55. The highest BCUT2D eigenvalue weighted by Crippen LogP contribution is 2.78. The summed E-state index contributed by atoms with van der Waals surface area (Å²) in [6, 6.07) is 4.30. The quantitative estimate of drug-likeness (QED) is 0.270. The summed E-state index contributed by atoms with van der Waals surface area (Å²) in [5.74, 6) is 1.47. The lowest BCUT2D eigenvalue weighted by Crippen LogP contribution is -2.67. The second kappa shape index (κ2) is 10.0. The molecule has 0 amide bonds. The lowest BCUT2D eigenvalue weighted by atomic mass is 9.32. The van der Waals surface area contributed by atoms with Crippen molar-refractivity contribution < 1.29 is 15.0 Å². The van der Waals surface area contributed by atoms with Crippen molar-refractivity contribution in [3.8, 4) is 6.07 Å². The molecule has 4 saturated carbocycles. The third-order valence-electron chi connectivity index (χ3n) is 13.8. The number of allylic oxidation sites excluding steroid dienone is 4. The second-order valence-corrected chi connectivity index (χ2v) is 16.6. The van der Waals surface area contributed by atoms with Gasteiger partial charge in [-0.15, -0.1) is 11.8 Å². The summed E-state index contributed by atoms with van der Waals surface area (Å²) in [4.78, 5) is 19.4. The van der Waals surface area contributed by atoms with E-state index in [4.69, 9.17) is 4.98 Å². The minimum atomic E-state index is -0.920. The first-order chi connectivity index (χ1) is 20.4. The predicted molar refractivity (Wildman–Crippen MR) is 169 cm³/mol. The number of fused-ring (bicyclic) bond motifs is 1. The molecule has 2 N–H and O–H groups in total. The molecule has 1 aromatic rings. The van der Waals surface area contributed by atoms with E-state index in [1.165, 1.54) is 18.2 Å². The fourth-order valence-corrected chi connectivity index (χ4v) is 12.8. The number of aliphatic hydroxyl groups excluding tert-OH is 1. The third kappa shape index (κ3) is 3.96. The Morgan fingerprint density at radius 2 is 1.72 bits per heavy atom. The number of carbonyl (C=O) groups is 1. The van der Waals surface area contributed by atoms with Crippen LogP contribution < -0.4 is 0 Å². The number of hydrogen-bond donors (Lipinski definition) is 2. The van der Waals surface area contributed by atoms with Crippen LogP contribution in [0.15, 0.2) is 34.9 Å². The van der Waals surface area contributed by atoms with Crippen LogP contribution >= 0.6 is 11.8 Å². The van der Waals surface area contributed by atoms with Crippen molar-refractivity contribution in [1.82, 2.24) is 4.98 Å². The van der Waals surface area contributed by atoms with Gasteiger partial charge < -0.3 is 10.2 Å². The number of nitrogens with zero attached hydrogens (tertiary/aromatic N) is 2. The molecule has 7 aliphatic carbocycles. The van der Waals surface area contributed by atoms with Gasteiger partial charge in [-0.05, 0) is 101 Å². The zero-order valence-electron chi connectivity index (χ0n) is 26.4. The van der Waals surface area contributed by atoms with Gasteiger partial charge >= 0.3 is 0 Å². The topological polar surface area (TPSA) is 94.2 Å². The maximum Gasteiger partial charge on any atom is 0.162 e. The molecule has 6 heteroatoms. The Balaban J connectivity index is 1.29. The van der Waals surface area contributed by atoms with Crippen molar-refractivity contribution in [2.45, 2.75) is 121 Å². The fourth-order valence-electron chi connectivity index (χ4n) is 11.4. The van der Waals surface area contributed by atoms with Crippen molar-refractivity contribution in [3.63, 3.8) is 0 Å². The highest BCUT2D eigenvalue weighted by Gasteiger charge is 2.74. The van der Waals surface area contributed by atoms with E-state index in [1.807, 2.05) is 19.9 Å². The molecule has 230 valence electrons. The number of aromatic nitrogens is 1. The zero-order chi connectivity index (χ0) is 30.4. The molecule has 2 bridgehead atoms. The van der Waals surface area contributed by atoms with Crippen LogP contribution in [0, 0.1) is 64.6 Å². The smallest absolute Gasteiger partial charge is 0.162 e. The second-order valence-electron chi connectivity index (χ2n) is 15.7. The summed E-state index contributed by atoms with van der Waals surface area (Å²) in [7, 11) is 0. The monoisotopic (exact) mass is 600 g/mol. The largest absolute Gasteiger partial charge is 0.393 e. The molecule has 0 aliphatic heterocycles. The van der Waals surface area contributed by atoms with Gasteiger partial charge in [-0.25, -0.2) is 4.98 Å². The highest BCUT2D eigenvalue weighted by atomic mass is 32.2. The molecule has 8 rings (SSSR count). The number of pyridine rings is 1. The maximum absolute atomic E-state index is 14.7. The SMILES string of the molecule is Cc1cc(C)c(C#N)c(SCC2(O)CCC3C45C=CC6(C=C4C(=O)C4CCCCC4)CC(O)CCC6(C)C5CCC32C)n1. The van der Waals surface area contributed by atoms with Crippen molar-refractivity contribution in [2.75, 3.05) is 5.75 Å². The van der Waals surface area contributed by atoms with Gasteiger partial charge in [0.15, 0.2) is 5.78 Å². The van der Waals surface area contributed by atoms with Crippen LogP contribution in [0.1, 0.15) is 108 Å². The molecule has 2 spiro atoms. The molecule has 1 aromatic heterocycles. The van der Waals surface area contributed by atoms with Crippen LogP contribution in [0.4, 0.5) is 0 Å². The van der Waals surface area contributed by atoms with E-state index < -0.39 is 5.60 Å². The fraction of sp³-hybridized carbons (Fsp3) is 0.703.